The maximum Gasteiger partial charge on any atom is 0.140 e. The van der Waals surface area contributed by atoms with Gasteiger partial charge in [0.05, 0.1) is 10.5 Å². The van der Waals surface area contributed by atoms with Gasteiger partial charge in [-0.3, -0.25) is 4.78 Å². The minimum atomic E-state index is -0.962. The minimum absolute atomic E-state index is 0.00670. The third-order valence-electron chi connectivity index (χ3n) is 4.88. The average molecular weight is 439 g/mol. The Hall–Kier alpha value is -3.08. The highest BCUT2D eigenvalue weighted by molar-refractivity contribution is 7.88. The molecule has 0 spiro atoms. The predicted octanol–water partition coefficient (Wildman–Crippen LogP) is 5.13. The van der Waals surface area contributed by atoms with Gasteiger partial charge in [-0.2, -0.15) is 5.26 Å². The molecule has 2 unspecified atom stereocenters. The lowest BCUT2D eigenvalue weighted by atomic mass is 10.0. The number of nitrogens with zero attached hydrogens (tertiary/aromatic N) is 1. The van der Waals surface area contributed by atoms with E-state index in [1.165, 1.54) is 24.3 Å². The molecule has 2 aromatic rings. The predicted molar refractivity (Wildman–Crippen MR) is 122 cm³/mol. The Morgan fingerprint density at radius 2 is 2.00 bits per heavy atom. The number of aryl methyl sites for hydroxylation is 1. The normalized spacial score (nSPS) is 21.1. The molecule has 0 amide bonds. The van der Waals surface area contributed by atoms with Crippen molar-refractivity contribution in [2.24, 2.45) is 0 Å². The van der Waals surface area contributed by atoms with Gasteiger partial charge in [0.2, 0.25) is 0 Å². The molecule has 1 heterocycles. The standard InChI is InChI=1S/C24H24F2N4S/c1-29-16-24-19(13-18-7-12-23(26)20(14-18)15-27)8-11-22(30-31(24)28)4-2-3-17-5-9-21(25)10-6-17/h5-14,16,22,29H,2-4H2,1H3,(H2,28,30)/b19-13+,24-16+. The Morgan fingerprint density at radius 3 is 2.71 bits per heavy atom. The number of halogens is 2. The third-order valence-corrected chi connectivity index (χ3v) is 6.22. The first-order chi connectivity index (χ1) is 15.0. The van der Waals surface area contributed by atoms with Crippen LogP contribution < -0.4 is 10.0 Å². The largest absolute Gasteiger partial charge is 0.393 e. The molecule has 0 saturated heterocycles. The highest BCUT2D eigenvalue weighted by Gasteiger charge is 2.17. The zero-order valence-corrected chi connectivity index (χ0v) is 18.0. The summed E-state index contributed by atoms with van der Waals surface area (Å²) in [5.41, 5.74) is 2.61. The second-order valence-electron chi connectivity index (χ2n) is 7.16. The third kappa shape index (κ3) is 6.20. The van der Waals surface area contributed by atoms with E-state index in [0.717, 1.165) is 35.3 Å². The molecule has 4 nitrogen and oxygen atoms in total. The van der Waals surface area contributed by atoms with Gasteiger partial charge in [0.1, 0.15) is 17.7 Å². The van der Waals surface area contributed by atoms with Crippen molar-refractivity contribution in [1.82, 2.24) is 10.0 Å². The van der Waals surface area contributed by atoms with E-state index < -0.39 is 16.7 Å². The fourth-order valence-electron chi connectivity index (χ4n) is 3.30. The van der Waals surface area contributed by atoms with Crippen molar-refractivity contribution < 1.29 is 8.78 Å². The van der Waals surface area contributed by atoms with Gasteiger partial charge in [-0.1, -0.05) is 30.4 Å². The van der Waals surface area contributed by atoms with E-state index in [1.807, 2.05) is 24.3 Å². The van der Waals surface area contributed by atoms with Gasteiger partial charge in [-0.25, -0.2) is 13.5 Å². The maximum absolute atomic E-state index is 13.6. The molecule has 160 valence electrons. The highest BCUT2D eigenvalue weighted by Crippen LogP contribution is 2.24. The van der Waals surface area contributed by atoms with Crippen molar-refractivity contribution in [1.29, 1.82) is 10.0 Å². The highest BCUT2D eigenvalue weighted by atomic mass is 32.2. The summed E-state index contributed by atoms with van der Waals surface area (Å²) < 4.78 is 38.7. The number of allylic oxidation sites excluding steroid dienone is 2. The van der Waals surface area contributed by atoms with Gasteiger partial charge in [0.25, 0.3) is 0 Å². The van der Waals surface area contributed by atoms with Crippen LogP contribution in [0.3, 0.4) is 0 Å². The summed E-state index contributed by atoms with van der Waals surface area (Å²) in [6.45, 7) is 0. The van der Waals surface area contributed by atoms with E-state index in [1.54, 1.807) is 31.4 Å². The Labute approximate surface area is 184 Å². The van der Waals surface area contributed by atoms with Crippen LogP contribution in [0.2, 0.25) is 0 Å². The van der Waals surface area contributed by atoms with Crippen LogP contribution in [0, 0.1) is 27.7 Å². The lowest BCUT2D eigenvalue weighted by Gasteiger charge is -2.15. The Morgan fingerprint density at radius 1 is 1.23 bits per heavy atom. The molecule has 0 fully saturated rings. The van der Waals surface area contributed by atoms with Crippen LogP contribution in [-0.4, -0.2) is 13.1 Å². The fourth-order valence-corrected chi connectivity index (χ4v) is 4.52. The second-order valence-corrected chi connectivity index (χ2v) is 8.44. The molecule has 2 aromatic carbocycles. The van der Waals surface area contributed by atoms with Crippen LogP contribution in [0.15, 0.2) is 71.3 Å². The first-order valence-electron chi connectivity index (χ1n) is 9.93. The van der Waals surface area contributed by atoms with Gasteiger partial charge < -0.3 is 5.32 Å². The molecular formula is C24H24F2N4S. The van der Waals surface area contributed by atoms with Crippen LogP contribution in [0.25, 0.3) is 6.08 Å². The lowest BCUT2D eigenvalue weighted by Crippen LogP contribution is -2.28. The zero-order valence-electron chi connectivity index (χ0n) is 17.2. The molecule has 0 aliphatic carbocycles. The van der Waals surface area contributed by atoms with Crippen molar-refractivity contribution >= 4 is 17.0 Å². The van der Waals surface area contributed by atoms with E-state index in [4.69, 9.17) is 10.0 Å². The summed E-state index contributed by atoms with van der Waals surface area (Å²) >= 11 is 0. The number of nitriles is 1. The molecule has 3 rings (SSSR count). The van der Waals surface area contributed by atoms with Crippen molar-refractivity contribution in [3.8, 4) is 6.07 Å². The van der Waals surface area contributed by atoms with Crippen LogP contribution in [-0.2, 0) is 17.3 Å². The summed E-state index contributed by atoms with van der Waals surface area (Å²) in [6, 6.07) is 12.8. The van der Waals surface area contributed by atoms with Crippen LogP contribution in [0.4, 0.5) is 8.78 Å². The molecule has 7 heteroatoms. The topological polar surface area (TPSA) is 71.7 Å². The van der Waals surface area contributed by atoms with Crippen molar-refractivity contribution in [2.75, 3.05) is 7.05 Å². The molecule has 31 heavy (non-hydrogen) atoms. The minimum Gasteiger partial charge on any atom is -0.393 e. The molecule has 0 saturated carbocycles. The van der Waals surface area contributed by atoms with E-state index in [-0.39, 0.29) is 17.4 Å². The van der Waals surface area contributed by atoms with Crippen LogP contribution >= 0.6 is 0 Å². The molecular weight excluding hydrogens is 414 g/mol. The molecule has 0 bridgehead atoms. The summed E-state index contributed by atoms with van der Waals surface area (Å²) in [4.78, 5) is 0.780. The fraction of sp³-hybridized carbons (Fsp3) is 0.208. The number of hydrogen-bond donors (Lipinski definition) is 3. The molecule has 2 atom stereocenters. The van der Waals surface area contributed by atoms with E-state index in [2.05, 4.69) is 10.0 Å². The molecule has 3 N–H and O–H groups in total. The maximum atomic E-state index is 13.6. The summed E-state index contributed by atoms with van der Waals surface area (Å²) in [7, 11) is 0.818. The molecule has 1 aliphatic heterocycles. The van der Waals surface area contributed by atoms with Gasteiger partial charge in [-0.05, 0) is 77.2 Å². The van der Waals surface area contributed by atoms with E-state index in [0.29, 0.717) is 5.56 Å². The Balaban J connectivity index is 1.77. The molecule has 1 aliphatic rings. The smallest absolute Gasteiger partial charge is 0.140 e. The van der Waals surface area contributed by atoms with Gasteiger partial charge in [0.15, 0.2) is 0 Å². The average Bonchev–Trinajstić information content (AvgIpc) is 2.90. The van der Waals surface area contributed by atoms with Gasteiger partial charge in [-0.15, -0.1) is 0 Å². The number of hydrogen-bond acceptors (Lipinski definition) is 3. The van der Waals surface area contributed by atoms with Crippen LogP contribution in [0.5, 0.6) is 0 Å². The van der Waals surface area contributed by atoms with Gasteiger partial charge in [0, 0.05) is 19.3 Å². The van der Waals surface area contributed by atoms with Crippen molar-refractivity contribution in [3.05, 3.63) is 99.6 Å². The molecule has 0 aromatic heterocycles. The second kappa shape index (κ2) is 10.8. The zero-order chi connectivity index (χ0) is 22.2. The van der Waals surface area contributed by atoms with E-state index in [9.17, 15) is 8.78 Å². The number of rotatable bonds is 6. The summed E-state index contributed by atoms with van der Waals surface area (Å²) in [5.74, 6) is -0.781. The Bertz CT molecular complexity index is 1080. The molecule has 0 radical (unpaired) electrons. The van der Waals surface area contributed by atoms with Crippen molar-refractivity contribution in [2.45, 2.75) is 25.3 Å². The quantitative estimate of drug-likeness (QED) is 0.586. The van der Waals surface area contributed by atoms with E-state index >= 15 is 0 Å². The van der Waals surface area contributed by atoms with Crippen LogP contribution in [0.1, 0.15) is 29.5 Å². The first-order valence-corrected chi connectivity index (χ1v) is 11.2. The Kier molecular flexibility index (Phi) is 7.88. The number of nitrogens with one attached hydrogen (secondary N) is 3. The lowest BCUT2D eigenvalue weighted by molar-refractivity contribution is 0.622. The monoisotopic (exact) mass is 438 g/mol. The first kappa shape index (κ1) is 22.6. The SMILES string of the molecule is CN/C=C1\C(=C\c2ccc(F)c(C#N)c2)C=CC(CCCc2ccc(F)cc2)NS1=N. The van der Waals surface area contributed by atoms with Crippen molar-refractivity contribution in [3.63, 3.8) is 0 Å². The number of benzene rings is 2. The summed E-state index contributed by atoms with van der Waals surface area (Å²) in [5, 5.41) is 12.1. The summed E-state index contributed by atoms with van der Waals surface area (Å²) in [6.07, 6.45) is 10.2. The van der Waals surface area contributed by atoms with Gasteiger partial charge >= 0.3 is 0 Å².